The van der Waals surface area contributed by atoms with Gasteiger partial charge in [-0.2, -0.15) is 4.31 Å². The predicted molar refractivity (Wildman–Crippen MR) is 117 cm³/mol. The van der Waals surface area contributed by atoms with Gasteiger partial charge in [0.1, 0.15) is 6.04 Å². The highest BCUT2D eigenvalue weighted by atomic mass is 35.5. The summed E-state index contributed by atoms with van der Waals surface area (Å²) in [4.78, 5) is 14.1. The topological polar surface area (TPSA) is 89.9 Å². The van der Waals surface area contributed by atoms with Crippen LogP contribution >= 0.6 is 11.6 Å². The van der Waals surface area contributed by atoms with Crippen molar-refractivity contribution in [1.82, 2.24) is 14.7 Å². The van der Waals surface area contributed by atoms with Crippen LogP contribution in [0.25, 0.3) is 6.08 Å². The molecule has 1 unspecified atom stereocenters. The second-order valence-corrected chi connectivity index (χ2v) is 9.35. The van der Waals surface area contributed by atoms with E-state index in [-0.39, 0.29) is 18.8 Å². The molecule has 3 rings (SSSR count). The van der Waals surface area contributed by atoms with Crippen molar-refractivity contribution in [2.24, 2.45) is 0 Å². The van der Waals surface area contributed by atoms with Gasteiger partial charge in [-0.25, -0.2) is 13.9 Å². The summed E-state index contributed by atoms with van der Waals surface area (Å²) in [5, 5.41) is 9.70. The van der Waals surface area contributed by atoms with Gasteiger partial charge in [-0.05, 0) is 17.2 Å². The maximum absolute atomic E-state index is 12.7. The molecule has 1 heterocycles. The van der Waals surface area contributed by atoms with E-state index in [1.165, 1.54) is 4.31 Å². The summed E-state index contributed by atoms with van der Waals surface area (Å²) in [6, 6.07) is 15.6. The first kappa shape index (κ1) is 22.5. The minimum Gasteiger partial charge on any atom is -0.289 e. The van der Waals surface area contributed by atoms with Gasteiger partial charge in [0.2, 0.25) is 10.0 Å². The zero-order chi connectivity index (χ0) is 21.6. The molecule has 0 aliphatic carbocycles. The van der Waals surface area contributed by atoms with Gasteiger partial charge in [-0.3, -0.25) is 14.9 Å². The van der Waals surface area contributed by atoms with Crippen LogP contribution in [-0.2, 0) is 14.8 Å². The molecule has 0 saturated carbocycles. The Morgan fingerprint density at radius 1 is 1.07 bits per heavy atom. The summed E-state index contributed by atoms with van der Waals surface area (Å²) in [7, 11) is -3.48. The number of nitrogens with one attached hydrogen (secondary N) is 1. The minimum absolute atomic E-state index is 0.128. The van der Waals surface area contributed by atoms with Crippen LogP contribution in [-0.4, -0.2) is 60.7 Å². The Balaban J connectivity index is 1.63. The lowest BCUT2D eigenvalue weighted by atomic mass is 10.0. The number of benzene rings is 2. The normalized spacial score (nSPS) is 17.1. The van der Waals surface area contributed by atoms with Gasteiger partial charge in [0, 0.05) is 31.2 Å². The van der Waals surface area contributed by atoms with E-state index in [0.717, 1.165) is 11.1 Å². The fourth-order valence-electron chi connectivity index (χ4n) is 3.48. The molecule has 1 aliphatic heterocycles. The molecule has 2 N–H and O–H groups in total. The van der Waals surface area contributed by atoms with Crippen LogP contribution in [0.2, 0.25) is 5.02 Å². The number of hydrogen-bond donors (Lipinski definition) is 2. The van der Waals surface area contributed by atoms with E-state index in [4.69, 9.17) is 16.8 Å². The molecule has 1 fully saturated rings. The number of rotatable bonds is 7. The number of amides is 1. The van der Waals surface area contributed by atoms with E-state index in [9.17, 15) is 13.2 Å². The third-order valence-electron chi connectivity index (χ3n) is 5.02. The van der Waals surface area contributed by atoms with E-state index >= 15 is 0 Å². The van der Waals surface area contributed by atoms with Crippen molar-refractivity contribution in [2.45, 2.75) is 6.04 Å². The number of carbonyl (C=O) groups is 1. The van der Waals surface area contributed by atoms with Gasteiger partial charge in [0.15, 0.2) is 0 Å². The average Bonchev–Trinajstić information content (AvgIpc) is 2.76. The van der Waals surface area contributed by atoms with Gasteiger partial charge in [0.25, 0.3) is 5.91 Å². The van der Waals surface area contributed by atoms with Crippen LogP contribution in [0.4, 0.5) is 0 Å². The molecule has 9 heteroatoms. The molecule has 2 aromatic rings. The lowest BCUT2D eigenvalue weighted by Gasteiger charge is -2.37. The molecule has 0 aromatic heterocycles. The molecular weight excluding hydrogens is 426 g/mol. The first-order valence-electron chi connectivity index (χ1n) is 9.54. The van der Waals surface area contributed by atoms with Crippen molar-refractivity contribution in [3.63, 3.8) is 0 Å². The highest BCUT2D eigenvalue weighted by Gasteiger charge is 2.33. The Hall–Kier alpha value is -2.23. The Bertz CT molecular complexity index is 990. The Morgan fingerprint density at radius 3 is 2.33 bits per heavy atom. The molecule has 30 heavy (non-hydrogen) atoms. The third-order valence-corrected chi connectivity index (χ3v) is 7.12. The molecule has 0 bridgehead atoms. The van der Waals surface area contributed by atoms with E-state index < -0.39 is 22.0 Å². The van der Waals surface area contributed by atoms with Crippen molar-refractivity contribution in [3.8, 4) is 0 Å². The zero-order valence-corrected chi connectivity index (χ0v) is 17.9. The van der Waals surface area contributed by atoms with Crippen molar-refractivity contribution in [3.05, 3.63) is 76.8 Å². The van der Waals surface area contributed by atoms with E-state index in [0.29, 0.717) is 18.1 Å². The fourth-order valence-corrected chi connectivity index (χ4v) is 4.95. The third kappa shape index (κ3) is 5.47. The largest absolute Gasteiger partial charge is 0.289 e. The SMILES string of the molecule is O=C(NO)C(c1ccccc1)N1CCN(S(=O)(=O)CC=Cc2ccccc2Cl)CC1. The number of nitrogens with zero attached hydrogens (tertiary/aromatic N) is 2. The van der Waals surface area contributed by atoms with Crippen LogP contribution in [0.15, 0.2) is 60.7 Å². The average molecular weight is 450 g/mol. The van der Waals surface area contributed by atoms with E-state index in [1.54, 1.807) is 23.7 Å². The van der Waals surface area contributed by atoms with Gasteiger partial charge in [-0.1, -0.05) is 72.3 Å². The molecule has 160 valence electrons. The Labute approximate surface area is 181 Å². The molecular formula is C21H24ClN3O4S. The summed E-state index contributed by atoms with van der Waals surface area (Å²) in [5.41, 5.74) is 3.22. The van der Waals surface area contributed by atoms with Gasteiger partial charge in [0.05, 0.1) is 5.75 Å². The number of sulfonamides is 1. The van der Waals surface area contributed by atoms with Gasteiger partial charge in [-0.15, -0.1) is 0 Å². The standard InChI is InChI=1S/C21H24ClN3O4S/c22-19-11-5-4-7-17(19)10-6-16-30(28,29)25-14-12-24(13-15-25)20(21(26)23-27)18-8-2-1-3-9-18/h1-11,20,27H,12-16H2,(H,23,26). The number of piperazine rings is 1. The lowest BCUT2D eigenvalue weighted by Crippen LogP contribution is -2.52. The molecule has 0 radical (unpaired) electrons. The van der Waals surface area contributed by atoms with Gasteiger partial charge < -0.3 is 0 Å². The first-order valence-corrected chi connectivity index (χ1v) is 11.5. The molecule has 1 atom stereocenters. The fraction of sp³-hybridized carbons (Fsp3) is 0.286. The molecule has 1 saturated heterocycles. The lowest BCUT2D eigenvalue weighted by molar-refractivity contribution is -0.135. The number of hydrogen-bond acceptors (Lipinski definition) is 5. The van der Waals surface area contributed by atoms with Crippen molar-refractivity contribution >= 4 is 33.6 Å². The molecule has 1 amide bonds. The van der Waals surface area contributed by atoms with Crippen molar-refractivity contribution < 1.29 is 18.4 Å². The summed E-state index contributed by atoms with van der Waals surface area (Å²) >= 11 is 6.09. The first-order chi connectivity index (χ1) is 14.4. The van der Waals surface area contributed by atoms with Crippen LogP contribution in [0.3, 0.4) is 0 Å². The van der Waals surface area contributed by atoms with Gasteiger partial charge >= 0.3 is 0 Å². The zero-order valence-electron chi connectivity index (χ0n) is 16.3. The van der Waals surface area contributed by atoms with Crippen LogP contribution < -0.4 is 5.48 Å². The monoisotopic (exact) mass is 449 g/mol. The quantitative estimate of drug-likeness (QED) is 0.501. The number of carbonyl (C=O) groups excluding carboxylic acids is 1. The van der Waals surface area contributed by atoms with Crippen molar-refractivity contribution in [2.75, 3.05) is 31.9 Å². The maximum atomic E-state index is 12.7. The minimum atomic E-state index is -3.48. The molecule has 2 aromatic carbocycles. The molecule has 1 aliphatic rings. The summed E-state index contributed by atoms with van der Waals surface area (Å²) in [5.74, 6) is -0.669. The molecule has 0 spiro atoms. The van der Waals surface area contributed by atoms with Crippen molar-refractivity contribution in [1.29, 1.82) is 0 Å². The predicted octanol–water partition coefficient (Wildman–Crippen LogP) is 2.55. The van der Waals surface area contributed by atoms with Crippen LogP contribution in [0.5, 0.6) is 0 Å². The number of hydroxylamine groups is 1. The Morgan fingerprint density at radius 2 is 1.70 bits per heavy atom. The summed E-state index contributed by atoms with van der Waals surface area (Å²) in [6.07, 6.45) is 3.29. The highest BCUT2D eigenvalue weighted by molar-refractivity contribution is 7.89. The maximum Gasteiger partial charge on any atom is 0.265 e. The smallest absolute Gasteiger partial charge is 0.265 e. The summed E-state index contributed by atoms with van der Waals surface area (Å²) in [6.45, 7) is 1.29. The molecule has 7 nitrogen and oxygen atoms in total. The van der Waals surface area contributed by atoms with Crippen LogP contribution in [0.1, 0.15) is 17.2 Å². The second-order valence-electron chi connectivity index (χ2n) is 6.93. The van der Waals surface area contributed by atoms with E-state index in [2.05, 4.69) is 0 Å². The Kier molecular flexibility index (Phi) is 7.63. The summed E-state index contributed by atoms with van der Waals surface area (Å²) < 4.78 is 26.8. The number of halogens is 1. The van der Waals surface area contributed by atoms with E-state index in [1.807, 2.05) is 53.4 Å². The highest BCUT2D eigenvalue weighted by Crippen LogP contribution is 2.23. The van der Waals surface area contributed by atoms with Crippen LogP contribution in [0, 0.1) is 0 Å². The second kappa shape index (κ2) is 10.2.